The van der Waals surface area contributed by atoms with Gasteiger partial charge in [-0.3, -0.25) is 4.79 Å². The first kappa shape index (κ1) is 15.8. The Labute approximate surface area is 133 Å². The largest absolute Gasteiger partial charge is 0.303 e. The molecular weight excluding hydrogens is 312 g/mol. The van der Waals surface area contributed by atoms with E-state index in [-0.39, 0.29) is 28.2 Å². The maximum atomic E-state index is 14.0. The molecule has 0 spiro atoms. The molecule has 2 rings (SSSR count). The molecule has 110 valence electrons. The number of amides is 1. The molecule has 0 heterocycles. The van der Waals surface area contributed by atoms with Crippen LogP contribution in [0, 0.1) is 5.82 Å². The third-order valence-electron chi connectivity index (χ3n) is 3.01. The first-order valence-electron chi connectivity index (χ1n) is 6.45. The van der Waals surface area contributed by atoms with Crippen LogP contribution in [0.15, 0.2) is 42.5 Å². The molecule has 0 radical (unpaired) electrons. The zero-order chi connectivity index (χ0) is 15.6. The minimum atomic E-state index is -0.454. The highest BCUT2D eigenvalue weighted by molar-refractivity contribution is 6.37. The summed E-state index contributed by atoms with van der Waals surface area (Å²) in [6.45, 7) is 3.63. The molecule has 21 heavy (non-hydrogen) atoms. The van der Waals surface area contributed by atoms with Crippen LogP contribution in [0.5, 0.6) is 0 Å². The third-order valence-corrected chi connectivity index (χ3v) is 3.56. The highest BCUT2D eigenvalue weighted by atomic mass is 35.5. The Morgan fingerprint density at radius 2 is 1.81 bits per heavy atom. The number of halogens is 3. The van der Waals surface area contributed by atoms with Crippen LogP contribution in [0.4, 0.5) is 10.1 Å². The van der Waals surface area contributed by atoms with Crippen LogP contribution < -0.4 is 4.90 Å². The monoisotopic (exact) mass is 325 g/mol. The summed E-state index contributed by atoms with van der Waals surface area (Å²) in [5, 5.41) is 0.688. The number of anilines is 1. The van der Waals surface area contributed by atoms with Crippen molar-refractivity contribution in [2.24, 2.45) is 0 Å². The minimum absolute atomic E-state index is 0.221. The summed E-state index contributed by atoms with van der Waals surface area (Å²) in [6, 6.07) is 10.6. The second kappa shape index (κ2) is 6.46. The van der Waals surface area contributed by atoms with Crippen molar-refractivity contribution in [2.75, 3.05) is 4.90 Å². The quantitative estimate of drug-likeness (QED) is 0.760. The van der Waals surface area contributed by atoms with Gasteiger partial charge in [-0.2, -0.15) is 0 Å². The second-order valence-electron chi connectivity index (χ2n) is 4.84. The van der Waals surface area contributed by atoms with Gasteiger partial charge in [0.05, 0.1) is 16.3 Å². The molecule has 0 saturated carbocycles. The van der Waals surface area contributed by atoms with Gasteiger partial charge in [-0.1, -0.05) is 35.3 Å². The number of carbonyl (C=O) groups excluding carboxylic acids is 1. The fraction of sp³-hybridized carbons (Fsp3) is 0.188. The molecule has 0 atom stereocenters. The Bertz CT molecular complexity index is 673. The highest BCUT2D eigenvalue weighted by Crippen LogP contribution is 2.27. The zero-order valence-corrected chi connectivity index (χ0v) is 13.1. The summed E-state index contributed by atoms with van der Waals surface area (Å²) in [6.07, 6.45) is 0. The molecule has 0 saturated heterocycles. The first-order valence-corrected chi connectivity index (χ1v) is 7.20. The molecule has 2 aromatic rings. The SMILES string of the molecule is CC(C)N(C(=O)c1ccc(Cl)cc1Cl)c1ccccc1F. The van der Waals surface area contributed by atoms with Gasteiger partial charge < -0.3 is 4.90 Å². The topological polar surface area (TPSA) is 20.3 Å². The van der Waals surface area contributed by atoms with Crippen molar-refractivity contribution in [1.82, 2.24) is 0 Å². The maximum Gasteiger partial charge on any atom is 0.260 e. The van der Waals surface area contributed by atoms with Crippen LogP contribution in [0.3, 0.4) is 0 Å². The number of para-hydroxylation sites is 1. The smallest absolute Gasteiger partial charge is 0.260 e. The Morgan fingerprint density at radius 1 is 1.14 bits per heavy atom. The molecular formula is C16H14Cl2FNO. The third kappa shape index (κ3) is 3.36. The van der Waals surface area contributed by atoms with Crippen LogP contribution in [0.25, 0.3) is 0 Å². The molecule has 1 amide bonds. The van der Waals surface area contributed by atoms with Gasteiger partial charge in [-0.25, -0.2) is 4.39 Å². The predicted octanol–water partition coefficient (Wildman–Crippen LogP) is 5.19. The normalized spacial score (nSPS) is 10.8. The molecule has 2 nitrogen and oxygen atoms in total. The lowest BCUT2D eigenvalue weighted by Crippen LogP contribution is -2.37. The predicted molar refractivity (Wildman–Crippen MR) is 84.8 cm³/mol. The summed E-state index contributed by atoms with van der Waals surface area (Å²) >= 11 is 11.9. The molecule has 0 bridgehead atoms. The lowest BCUT2D eigenvalue weighted by molar-refractivity contribution is 0.0979. The van der Waals surface area contributed by atoms with Crippen molar-refractivity contribution in [2.45, 2.75) is 19.9 Å². The van der Waals surface area contributed by atoms with E-state index < -0.39 is 5.82 Å². The van der Waals surface area contributed by atoms with Gasteiger partial charge >= 0.3 is 0 Å². The van der Waals surface area contributed by atoms with Crippen molar-refractivity contribution in [3.8, 4) is 0 Å². The van der Waals surface area contributed by atoms with Crippen molar-refractivity contribution >= 4 is 34.8 Å². The highest BCUT2D eigenvalue weighted by Gasteiger charge is 2.24. The van der Waals surface area contributed by atoms with Crippen molar-refractivity contribution in [1.29, 1.82) is 0 Å². The van der Waals surface area contributed by atoms with Crippen molar-refractivity contribution in [3.63, 3.8) is 0 Å². The average Bonchev–Trinajstić information content (AvgIpc) is 2.40. The van der Waals surface area contributed by atoms with Crippen LogP contribution in [0.1, 0.15) is 24.2 Å². The summed E-state index contributed by atoms with van der Waals surface area (Å²) in [4.78, 5) is 14.1. The van der Waals surface area contributed by atoms with Gasteiger partial charge in [0.15, 0.2) is 0 Å². The Kier molecular flexibility index (Phi) is 4.86. The number of nitrogens with zero attached hydrogens (tertiary/aromatic N) is 1. The van der Waals surface area contributed by atoms with Crippen LogP contribution in [-0.4, -0.2) is 11.9 Å². The van der Waals surface area contributed by atoms with Gasteiger partial charge in [-0.05, 0) is 44.2 Å². The van der Waals surface area contributed by atoms with Crippen molar-refractivity contribution in [3.05, 3.63) is 63.9 Å². The van der Waals surface area contributed by atoms with E-state index in [1.807, 2.05) is 13.8 Å². The van der Waals surface area contributed by atoms with Crippen LogP contribution in [0.2, 0.25) is 10.0 Å². The lowest BCUT2D eigenvalue weighted by Gasteiger charge is -2.27. The molecule has 0 aromatic heterocycles. The molecule has 0 aliphatic rings. The Morgan fingerprint density at radius 3 is 2.38 bits per heavy atom. The summed E-state index contributed by atoms with van der Waals surface area (Å²) in [5.41, 5.74) is 0.515. The standard InChI is InChI=1S/C16H14Cl2FNO/c1-10(2)20(15-6-4-3-5-14(15)19)16(21)12-8-7-11(17)9-13(12)18/h3-10H,1-2H3. The molecule has 5 heteroatoms. The molecule has 0 N–H and O–H groups in total. The molecule has 0 unspecified atom stereocenters. The lowest BCUT2D eigenvalue weighted by atomic mass is 10.1. The number of carbonyl (C=O) groups is 1. The van der Waals surface area contributed by atoms with E-state index in [0.29, 0.717) is 5.02 Å². The summed E-state index contributed by atoms with van der Waals surface area (Å²) in [7, 11) is 0. The molecule has 0 fully saturated rings. The van der Waals surface area contributed by atoms with E-state index in [4.69, 9.17) is 23.2 Å². The van der Waals surface area contributed by atoms with Gasteiger partial charge in [0.2, 0.25) is 0 Å². The Balaban J connectivity index is 2.48. The second-order valence-corrected chi connectivity index (χ2v) is 5.69. The van der Waals surface area contributed by atoms with E-state index in [9.17, 15) is 9.18 Å². The van der Waals surface area contributed by atoms with E-state index in [2.05, 4.69) is 0 Å². The zero-order valence-electron chi connectivity index (χ0n) is 11.6. The minimum Gasteiger partial charge on any atom is -0.303 e. The van der Waals surface area contributed by atoms with Gasteiger partial charge in [0.25, 0.3) is 5.91 Å². The molecule has 0 aliphatic carbocycles. The Hall–Kier alpha value is -1.58. The van der Waals surface area contributed by atoms with Crippen LogP contribution in [-0.2, 0) is 0 Å². The number of hydrogen-bond donors (Lipinski definition) is 0. The van der Waals surface area contributed by atoms with Crippen LogP contribution >= 0.6 is 23.2 Å². The average molecular weight is 326 g/mol. The summed E-state index contributed by atoms with van der Waals surface area (Å²) in [5.74, 6) is -0.818. The fourth-order valence-corrected chi connectivity index (χ4v) is 2.55. The molecule has 0 aliphatic heterocycles. The van der Waals surface area contributed by atoms with E-state index in [1.54, 1.807) is 30.3 Å². The van der Waals surface area contributed by atoms with Crippen molar-refractivity contribution < 1.29 is 9.18 Å². The van der Waals surface area contributed by atoms with E-state index >= 15 is 0 Å². The molecule has 2 aromatic carbocycles. The van der Waals surface area contributed by atoms with Gasteiger partial charge in [-0.15, -0.1) is 0 Å². The summed E-state index contributed by atoms with van der Waals surface area (Å²) < 4.78 is 14.0. The maximum absolute atomic E-state index is 14.0. The number of benzene rings is 2. The van der Waals surface area contributed by atoms with Gasteiger partial charge in [0.1, 0.15) is 5.82 Å². The van der Waals surface area contributed by atoms with E-state index in [0.717, 1.165) is 0 Å². The number of hydrogen-bond acceptors (Lipinski definition) is 1. The fourth-order valence-electron chi connectivity index (χ4n) is 2.06. The first-order chi connectivity index (χ1) is 9.91. The van der Waals surface area contributed by atoms with E-state index in [1.165, 1.54) is 17.0 Å². The van der Waals surface area contributed by atoms with Gasteiger partial charge in [0, 0.05) is 11.1 Å². The number of rotatable bonds is 3.